The molecule has 0 fully saturated rings. The van der Waals surface area contributed by atoms with E-state index in [-0.39, 0.29) is 0 Å². The number of carbonyl (C=O) groups is 1. The molecule has 3 aromatic rings. The van der Waals surface area contributed by atoms with Gasteiger partial charge in [0.15, 0.2) is 17.8 Å². The van der Waals surface area contributed by atoms with Gasteiger partial charge < -0.3 is 0 Å². The van der Waals surface area contributed by atoms with E-state index in [1.807, 2.05) is 40.9 Å². The minimum absolute atomic E-state index is 0.534. The third-order valence-corrected chi connectivity index (χ3v) is 3.17. The first kappa shape index (κ1) is 11.1. The molecule has 0 bridgehead atoms. The molecule has 0 saturated carbocycles. The fourth-order valence-corrected chi connectivity index (χ4v) is 2.25. The standard InChI is InChI=1S/C13H8BrN3O/c14-11-5-1-3-9(7-11)12-15-16-13-10(8-18)4-2-6-17(12)13/h1-8H. The summed E-state index contributed by atoms with van der Waals surface area (Å²) in [5.41, 5.74) is 2.05. The number of rotatable bonds is 2. The number of carbonyl (C=O) groups excluding carboxylic acids is 1. The van der Waals surface area contributed by atoms with Crippen molar-refractivity contribution in [2.45, 2.75) is 0 Å². The summed E-state index contributed by atoms with van der Waals surface area (Å²) < 4.78 is 2.79. The molecule has 0 aliphatic carbocycles. The van der Waals surface area contributed by atoms with Gasteiger partial charge in [-0.15, -0.1) is 10.2 Å². The van der Waals surface area contributed by atoms with E-state index in [0.29, 0.717) is 11.2 Å². The summed E-state index contributed by atoms with van der Waals surface area (Å²) in [7, 11) is 0. The third-order valence-electron chi connectivity index (χ3n) is 2.67. The van der Waals surface area contributed by atoms with Crippen molar-refractivity contribution in [1.82, 2.24) is 14.6 Å². The van der Waals surface area contributed by atoms with Crippen LogP contribution >= 0.6 is 15.9 Å². The maximum absolute atomic E-state index is 10.9. The van der Waals surface area contributed by atoms with Gasteiger partial charge in [-0.25, -0.2) is 0 Å². The molecule has 5 heteroatoms. The Morgan fingerprint density at radius 1 is 1.17 bits per heavy atom. The molecule has 0 spiro atoms. The van der Waals surface area contributed by atoms with Crippen molar-refractivity contribution in [3.05, 3.63) is 52.6 Å². The number of aldehydes is 1. The van der Waals surface area contributed by atoms with E-state index in [9.17, 15) is 4.79 Å². The van der Waals surface area contributed by atoms with Crippen LogP contribution < -0.4 is 0 Å². The maximum Gasteiger partial charge on any atom is 0.171 e. The lowest BCUT2D eigenvalue weighted by Gasteiger charge is -2.01. The summed E-state index contributed by atoms with van der Waals surface area (Å²) in [6.45, 7) is 0. The van der Waals surface area contributed by atoms with Crippen molar-refractivity contribution < 1.29 is 4.79 Å². The highest BCUT2D eigenvalue weighted by Gasteiger charge is 2.10. The predicted molar refractivity (Wildman–Crippen MR) is 71.5 cm³/mol. The van der Waals surface area contributed by atoms with Crippen molar-refractivity contribution >= 4 is 27.9 Å². The van der Waals surface area contributed by atoms with Crippen molar-refractivity contribution in [3.8, 4) is 11.4 Å². The van der Waals surface area contributed by atoms with Gasteiger partial charge in [-0.1, -0.05) is 28.1 Å². The maximum atomic E-state index is 10.9. The van der Waals surface area contributed by atoms with Gasteiger partial charge in [0.05, 0.1) is 5.56 Å². The van der Waals surface area contributed by atoms with E-state index in [4.69, 9.17) is 0 Å². The molecule has 0 amide bonds. The zero-order valence-electron chi connectivity index (χ0n) is 9.25. The molecule has 0 aliphatic heterocycles. The average molecular weight is 302 g/mol. The molecule has 0 radical (unpaired) electrons. The van der Waals surface area contributed by atoms with Crippen LogP contribution in [0.2, 0.25) is 0 Å². The average Bonchev–Trinajstić information content (AvgIpc) is 2.82. The van der Waals surface area contributed by atoms with Crippen LogP contribution in [0.5, 0.6) is 0 Å². The van der Waals surface area contributed by atoms with Crippen LogP contribution in [0.15, 0.2) is 47.1 Å². The van der Waals surface area contributed by atoms with Crippen molar-refractivity contribution in [2.24, 2.45) is 0 Å². The minimum Gasteiger partial charge on any atom is -0.298 e. The summed E-state index contributed by atoms with van der Waals surface area (Å²) in [6.07, 6.45) is 2.63. The zero-order chi connectivity index (χ0) is 12.5. The fourth-order valence-electron chi connectivity index (χ4n) is 1.85. The number of benzene rings is 1. The number of fused-ring (bicyclic) bond motifs is 1. The second kappa shape index (κ2) is 4.34. The molecule has 1 aromatic carbocycles. The second-order valence-electron chi connectivity index (χ2n) is 3.81. The molecule has 2 aromatic heterocycles. The van der Waals surface area contributed by atoms with Gasteiger partial charge in [0.1, 0.15) is 0 Å². The molecule has 2 heterocycles. The number of hydrogen-bond acceptors (Lipinski definition) is 3. The molecule has 4 nitrogen and oxygen atoms in total. The van der Waals surface area contributed by atoms with E-state index in [0.717, 1.165) is 22.1 Å². The van der Waals surface area contributed by atoms with Crippen LogP contribution in [-0.4, -0.2) is 20.9 Å². The quantitative estimate of drug-likeness (QED) is 0.684. The lowest BCUT2D eigenvalue weighted by Crippen LogP contribution is -1.92. The Kier molecular flexibility index (Phi) is 2.68. The predicted octanol–water partition coefficient (Wildman–Crippen LogP) is 2.97. The highest BCUT2D eigenvalue weighted by Crippen LogP contribution is 2.22. The molecular weight excluding hydrogens is 294 g/mol. The summed E-state index contributed by atoms with van der Waals surface area (Å²) >= 11 is 3.43. The van der Waals surface area contributed by atoms with Gasteiger partial charge in [0, 0.05) is 16.2 Å². The molecule has 0 aliphatic rings. The number of aromatic nitrogens is 3. The summed E-state index contributed by atoms with van der Waals surface area (Å²) in [5, 5.41) is 8.21. The molecular formula is C13H8BrN3O. The van der Waals surface area contributed by atoms with Crippen molar-refractivity contribution in [3.63, 3.8) is 0 Å². The van der Waals surface area contributed by atoms with Crippen LogP contribution in [0.4, 0.5) is 0 Å². The molecule has 0 saturated heterocycles. The first-order chi connectivity index (χ1) is 8.79. The van der Waals surface area contributed by atoms with Gasteiger partial charge in [-0.2, -0.15) is 0 Å². The topological polar surface area (TPSA) is 47.3 Å². The molecule has 0 N–H and O–H groups in total. The Morgan fingerprint density at radius 3 is 2.83 bits per heavy atom. The van der Waals surface area contributed by atoms with Crippen LogP contribution in [0.3, 0.4) is 0 Å². The number of hydrogen-bond donors (Lipinski definition) is 0. The monoisotopic (exact) mass is 301 g/mol. The van der Waals surface area contributed by atoms with Gasteiger partial charge in [0.2, 0.25) is 0 Å². The summed E-state index contributed by atoms with van der Waals surface area (Å²) in [4.78, 5) is 10.9. The van der Waals surface area contributed by atoms with Gasteiger partial charge in [-0.05, 0) is 24.3 Å². The summed E-state index contributed by atoms with van der Waals surface area (Å²) in [6, 6.07) is 11.3. The number of pyridine rings is 1. The van der Waals surface area contributed by atoms with Crippen LogP contribution in [-0.2, 0) is 0 Å². The summed E-state index contributed by atoms with van der Waals surface area (Å²) in [5.74, 6) is 0.718. The minimum atomic E-state index is 0.534. The van der Waals surface area contributed by atoms with E-state index in [1.165, 1.54) is 0 Å². The largest absolute Gasteiger partial charge is 0.298 e. The number of nitrogens with zero attached hydrogens (tertiary/aromatic N) is 3. The van der Waals surface area contributed by atoms with Gasteiger partial charge >= 0.3 is 0 Å². The molecule has 3 rings (SSSR count). The SMILES string of the molecule is O=Cc1cccn2c(-c3cccc(Br)c3)nnc12. The van der Waals surface area contributed by atoms with Gasteiger partial charge in [0.25, 0.3) is 0 Å². The Bertz CT molecular complexity index is 736. The van der Waals surface area contributed by atoms with E-state index in [1.54, 1.807) is 6.07 Å². The zero-order valence-corrected chi connectivity index (χ0v) is 10.8. The first-order valence-electron chi connectivity index (χ1n) is 5.34. The third kappa shape index (κ3) is 1.73. The molecule has 0 atom stereocenters. The Balaban J connectivity index is 2.28. The number of halogens is 1. The smallest absolute Gasteiger partial charge is 0.171 e. The fraction of sp³-hybridized carbons (Fsp3) is 0. The van der Waals surface area contributed by atoms with Crippen molar-refractivity contribution in [1.29, 1.82) is 0 Å². The normalized spacial score (nSPS) is 10.7. The lowest BCUT2D eigenvalue weighted by atomic mass is 10.2. The van der Waals surface area contributed by atoms with E-state index < -0.39 is 0 Å². The lowest BCUT2D eigenvalue weighted by molar-refractivity contribution is 0.112. The Hall–Kier alpha value is -2.01. The van der Waals surface area contributed by atoms with Crippen LogP contribution in [0.1, 0.15) is 10.4 Å². The van der Waals surface area contributed by atoms with Crippen LogP contribution in [0, 0.1) is 0 Å². The Labute approximate surface area is 111 Å². The van der Waals surface area contributed by atoms with E-state index >= 15 is 0 Å². The highest BCUT2D eigenvalue weighted by atomic mass is 79.9. The highest BCUT2D eigenvalue weighted by molar-refractivity contribution is 9.10. The first-order valence-corrected chi connectivity index (χ1v) is 6.14. The Morgan fingerprint density at radius 2 is 2.06 bits per heavy atom. The molecule has 88 valence electrons. The van der Waals surface area contributed by atoms with Gasteiger partial charge in [-0.3, -0.25) is 9.20 Å². The second-order valence-corrected chi connectivity index (χ2v) is 4.72. The van der Waals surface area contributed by atoms with E-state index in [2.05, 4.69) is 26.1 Å². The van der Waals surface area contributed by atoms with Crippen molar-refractivity contribution in [2.75, 3.05) is 0 Å². The molecule has 0 unspecified atom stereocenters. The van der Waals surface area contributed by atoms with Crippen LogP contribution in [0.25, 0.3) is 17.0 Å². The molecule has 18 heavy (non-hydrogen) atoms.